The molecular formula is C14H28N2O2. The molecule has 4 heteroatoms. The van der Waals surface area contributed by atoms with E-state index in [1.807, 2.05) is 13.8 Å². The summed E-state index contributed by atoms with van der Waals surface area (Å²) in [6.07, 6.45) is 4.95. The van der Waals surface area contributed by atoms with Crippen LogP contribution in [0.2, 0.25) is 0 Å². The topological polar surface area (TPSA) is 55.6 Å². The minimum atomic E-state index is -0.458. The molecule has 0 aromatic carbocycles. The van der Waals surface area contributed by atoms with Gasteiger partial charge < -0.3 is 15.4 Å². The third-order valence-corrected chi connectivity index (χ3v) is 4.12. The van der Waals surface area contributed by atoms with Gasteiger partial charge in [-0.3, -0.25) is 4.79 Å². The third kappa shape index (κ3) is 3.69. The van der Waals surface area contributed by atoms with Gasteiger partial charge in [0.2, 0.25) is 0 Å². The van der Waals surface area contributed by atoms with E-state index in [-0.39, 0.29) is 5.97 Å². The molecule has 1 aliphatic rings. The number of hydrogen-bond donors (Lipinski definition) is 1. The maximum absolute atomic E-state index is 11.7. The highest BCUT2D eigenvalue weighted by molar-refractivity contribution is 5.76. The molecule has 0 aromatic heterocycles. The van der Waals surface area contributed by atoms with Crippen molar-refractivity contribution in [3.63, 3.8) is 0 Å². The molecule has 2 atom stereocenters. The van der Waals surface area contributed by atoms with Gasteiger partial charge in [0.1, 0.15) is 0 Å². The minimum absolute atomic E-state index is 0.144. The Kier molecular flexibility index (Phi) is 5.60. The van der Waals surface area contributed by atoms with Crippen LogP contribution >= 0.6 is 0 Å². The predicted molar refractivity (Wildman–Crippen MR) is 73.2 cm³/mol. The summed E-state index contributed by atoms with van der Waals surface area (Å²) < 4.78 is 4.87. The molecule has 0 aliphatic heterocycles. The van der Waals surface area contributed by atoms with E-state index in [1.54, 1.807) is 0 Å². The van der Waals surface area contributed by atoms with Crippen molar-refractivity contribution in [3.8, 4) is 0 Å². The number of carbonyl (C=O) groups is 1. The van der Waals surface area contributed by atoms with E-state index in [4.69, 9.17) is 10.5 Å². The van der Waals surface area contributed by atoms with Gasteiger partial charge in [-0.05, 0) is 46.2 Å². The second kappa shape index (κ2) is 6.53. The number of hydrogen-bond acceptors (Lipinski definition) is 4. The fraction of sp³-hybridized carbons (Fsp3) is 0.929. The summed E-state index contributed by atoms with van der Waals surface area (Å²) in [7, 11) is 3.55. The number of nitrogens with zero attached hydrogens (tertiary/aromatic N) is 1. The summed E-state index contributed by atoms with van der Waals surface area (Å²) >= 11 is 0. The Hall–Kier alpha value is -0.610. The van der Waals surface area contributed by atoms with E-state index in [1.165, 1.54) is 32.8 Å². The summed E-state index contributed by atoms with van der Waals surface area (Å²) in [6.45, 7) is 5.35. The SMILES string of the molecule is COC(=O)C(C)(C)CN(C)C1CCCCC1CN. The molecule has 1 fully saturated rings. The first-order valence-electron chi connectivity index (χ1n) is 6.91. The fourth-order valence-corrected chi connectivity index (χ4v) is 3.12. The maximum Gasteiger partial charge on any atom is 0.312 e. The molecule has 0 radical (unpaired) electrons. The Labute approximate surface area is 111 Å². The van der Waals surface area contributed by atoms with Crippen LogP contribution in [0.1, 0.15) is 39.5 Å². The molecule has 0 aromatic rings. The van der Waals surface area contributed by atoms with Gasteiger partial charge in [-0.25, -0.2) is 0 Å². The Morgan fingerprint density at radius 2 is 2.00 bits per heavy atom. The predicted octanol–water partition coefficient (Wildman–Crippen LogP) is 1.63. The van der Waals surface area contributed by atoms with Crippen molar-refractivity contribution in [2.45, 2.75) is 45.6 Å². The zero-order chi connectivity index (χ0) is 13.8. The summed E-state index contributed by atoms with van der Waals surface area (Å²) in [6, 6.07) is 0.507. The summed E-state index contributed by atoms with van der Waals surface area (Å²) in [5.41, 5.74) is 5.40. The Morgan fingerprint density at radius 3 is 2.56 bits per heavy atom. The number of esters is 1. The summed E-state index contributed by atoms with van der Waals surface area (Å²) in [5, 5.41) is 0. The largest absolute Gasteiger partial charge is 0.469 e. The lowest BCUT2D eigenvalue weighted by molar-refractivity contribution is -0.152. The van der Waals surface area contributed by atoms with Gasteiger partial charge in [0.05, 0.1) is 12.5 Å². The lowest BCUT2D eigenvalue weighted by atomic mass is 9.82. The molecule has 18 heavy (non-hydrogen) atoms. The van der Waals surface area contributed by atoms with Crippen LogP contribution < -0.4 is 5.73 Å². The van der Waals surface area contributed by atoms with E-state index >= 15 is 0 Å². The van der Waals surface area contributed by atoms with Gasteiger partial charge >= 0.3 is 5.97 Å². The van der Waals surface area contributed by atoms with Crippen molar-refractivity contribution in [1.29, 1.82) is 0 Å². The van der Waals surface area contributed by atoms with Gasteiger partial charge in [-0.2, -0.15) is 0 Å². The number of methoxy groups -OCH3 is 1. The highest BCUT2D eigenvalue weighted by Crippen LogP contribution is 2.29. The van der Waals surface area contributed by atoms with Crippen LogP contribution in [-0.4, -0.2) is 44.2 Å². The second-order valence-corrected chi connectivity index (χ2v) is 6.14. The monoisotopic (exact) mass is 256 g/mol. The zero-order valence-corrected chi connectivity index (χ0v) is 12.2. The first-order chi connectivity index (χ1) is 8.42. The smallest absolute Gasteiger partial charge is 0.312 e. The quantitative estimate of drug-likeness (QED) is 0.760. The van der Waals surface area contributed by atoms with Gasteiger partial charge in [0, 0.05) is 12.6 Å². The fourth-order valence-electron chi connectivity index (χ4n) is 3.12. The van der Waals surface area contributed by atoms with Crippen LogP contribution in [0.5, 0.6) is 0 Å². The number of nitrogens with two attached hydrogens (primary N) is 1. The minimum Gasteiger partial charge on any atom is -0.469 e. The molecular weight excluding hydrogens is 228 g/mol. The van der Waals surface area contributed by atoms with Crippen molar-refractivity contribution < 1.29 is 9.53 Å². The summed E-state index contributed by atoms with van der Waals surface area (Å²) in [4.78, 5) is 14.0. The standard InChI is InChI=1S/C14H28N2O2/c1-14(2,13(17)18-4)10-16(3)12-8-6-5-7-11(12)9-15/h11-12H,5-10,15H2,1-4H3. The van der Waals surface area contributed by atoms with Crippen LogP contribution in [0.15, 0.2) is 0 Å². The maximum atomic E-state index is 11.7. The molecule has 2 N–H and O–H groups in total. The molecule has 0 amide bonds. The highest BCUT2D eigenvalue weighted by Gasteiger charge is 2.34. The zero-order valence-electron chi connectivity index (χ0n) is 12.2. The van der Waals surface area contributed by atoms with Gasteiger partial charge in [-0.1, -0.05) is 12.8 Å². The average Bonchev–Trinajstić information content (AvgIpc) is 2.36. The molecule has 4 nitrogen and oxygen atoms in total. The van der Waals surface area contributed by atoms with Crippen molar-refractivity contribution in [3.05, 3.63) is 0 Å². The molecule has 106 valence electrons. The Bertz CT molecular complexity index is 279. The van der Waals surface area contributed by atoms with Crippen molar-refractivity contribution in [1.82, 2.24) is 4.90 Å². The summed E-state index contributed by atoms with van der Waals surface area (Å²) in [5.74, 6) is 0.423. The average molecular weight is 256 g/mol. The van der Waals surface area contributed by atoms with Crippen molar-refractivity contribution in [2.75, 3.05) is 27.2 Å². The van der Waals surface area contributed by atoms with Gasteiger partial charge in [-0.15, -0.1) is 0 Å². The van der Waals surface area contributed by atoms with E-state index in [9.17, 15) is 4.79 Å². The van der Waals surface area contributed by atoms with E-state index in [2.05, 4.69) is 11.9 Å². The Balaban J connectivity index is 2.63. The molecule has 1 aliphatic carbocycles. The van der Waals surface area contributed by atoms with Crippen LogP contribution in [-0.2, 0) is 9.53 Å². The first-order valence-corrected chi connectivity index (χ1v) is 6.91. The van der Waals surface area contributed by atoms with Crippen molar-refractivity contribution in [2.24, 2.45) is 17.1 Å². The molecule has 2 unspecified atom stereocenters. The molecule has 0 spiro atoms. The lowest BCUT2D eigenvalue weighted by Gasteiger charge is -2.40. The van der Waals surface area contributed by atoms with E-state index in [0.717, 1.165) is 13.1 Å². The van der Waals surface area contributed by atoms with Crippen LogP contribution in [0.3, 0.4) is 0 Å². The number of ether oxygens (including phenoxy) is 1. The second-order valence-electron chi connectivity index (χ2n) is 6.14. The number of carbonyl (C=O) groups excluding carboxylic acids is 1. The lowest BCUT2D eigenvalue weighted by Crippen LogP contribution is -2.48. The highest BCUT2D eigenvalue weighted by atomic mass is 16.5. The van der Waals surface area contributed by atoms with Gasteiger partial charge in [0.25, 0.3) is 0 Å². The molecule has 1 saturated carbocycles. The molecule has 0 bridgehead atoms. The third-order valence-electron chi connectivity index (χ3n) is 4.12. The van der Waals surface area contributed by atoms with Crippen LogP contribution in [0.25, 0.3) is 0 Å². The Morgan fingerprint density at radius 1 is 1.39 bits per heavy atom. The first kappa shape index (κ1) is 15.4. The van der Waals surface area contributed by atoms with E-state index in [0.29, 0.717) is 12.0 Å². The number of rotatable bonds is 5. The normalized spacial score (nSPS) is 25.2. The molecule has 0 saturated heterocycles. The van der Waals surface area contributed by atoms with E-state index < -0.39 is 5.41 Å². The van der Waals surface area contributed by atoms with Gasteiger partial charge in [0.15, 0.2) is 0 Å². The molecule has 1 rings (SSSR count). The molecule has 0 heterocycles. The van der Waals surface area contributed by atoms with Crippen LogP contribution in [0, 0.1) is 11.3 Å². The van der Waals surface area contributed by atoms with Crippen molar-refractivity contribution >= 4 is 5.97 Å². The van der Waals surface area contributed by atoms with Crippen LogP contribution in [0.4, 0.5) is 0 Å².